The number of ketones is 1. The van der Waals surface area contributed by atoms with Gasteiger partial charge in [-0.1, -0.05) is 83.9 Å². The molecule has 0 spiro atoms. The molecule has 0 saturated carbocycles. The Morgan fingerprint density at radius 2 is 1.44 bits per heavy atom. The predicted molar refractivity (Wildman–Crippen MR) is 164 cm³/mol. The minimum atomic E-state index is -0.163. The maximum atomic E-state index is 13.4. The molecule has 41 heavy (non-hydrogen) atoms. The first kappa shape index (κ1) is 26.4. The Morgan fingerprint density at radius 3 is 2.17 bits per heavy atom. The lowest BCUT2D eigenvalue weighted by Gasteiger charge is -2.32. The van der Waals surface area contributed by atoms with Crippen molar-refractivity contribution in [3.63, 3.8) is 0 Å². The van der Waals surface area contributed by atoms with Crippen molar-refractivity contribution >= 4 is 34.2 Å². The molecule has 5 aromatic rings. The number of aryl methyl sites for hydroxylation is 2. The highest BCUT2D eigenvalue weighted by Crippen LogP contribution is 2.31. The fourth-order valence-electron chi connectivity index (χ4n) is 5.46. The summed E-state index contributed by atoms with van der Waals surface area (Å²) in [5.74, 6) is 0.366. The van der Waals surface area contributed by atoms with E-state index in [0.717, 1.165) is 27.7 Å². The van der Waals surface area contributed by atoms with E-state index in [0.29, 0.717) is 48.7 Å². The third kappa shape index (κ3) is 5.59. The minimum absolute atomic E-state index is 0.0597. The lowest BCUT2D eigenvalue weighted by Crippen LogP contribution is -2.39. The molecule has 4 aromatic carbocycles. The van der Waals surface area contributed by atoms with Crippen LogP contribution in [-0.4, -0.2) is 34.7 Å². The highest BCUT2D eigenvalue weighted by atomic mass is 16.2. The first-order valence-corrected chi connectivity index (χ1v) is 14.1. The molecule has 0 unspecified atom stereocenters. The monoisotopic (exact) mass is 540 g/mol. The molecule has 1 N–H and O–H groups in total. The van der Waals surface area contributed by atoms with Gasteiger partial charge in [-0.05, 0) is 51.0 Å². The normalized spacial score (nSPS) is 13.8. The van der Waals surface area contributed by atoms with Gasteiger partial charge in [-0.25, -0.2) is 9.97 Å². The van der Waals surface area contributed by atoms with Crippen LogP contribution in [0, 0.1) is 19.8 Å². The highest BCUT2D eigenvalue weighted by molar-refractivity contribution is 6.14. The second kappa shape index (κ2) is 11.3. The van der Waals surface area contributed by atoms with Crippen LogP contribution in [0.15, 0.2) is 97.1 Å². The molecule has 1 aromatic heterocycles. The van der Waals surface area contributed by atoms with Gasteiger partial charge in [0.2, 0.25) is 11.9 Å². The number of benzene rings is 4. The second-order valence-electron chi connectivity index (χ2n) is 10.8. The van der Waals surface area contributed by atoms with Gasteiger partial charge in [0.25, 0.3) is 0 Å². The van der Waals surface area contributed by atoms with Gasteiger partial charge in [-0.15, -0.1) is 0 Å². The maximum absolute atomic E-state index is 13.4. The Hall–Kier alpha value is -4.84. The number of carbonyl (C=O) groups is 2. The Labute approximate surface area is 240 Å². The van der Waals surface area contributed by atoms with E-state index >= 15 is 0 Å². The van der Waals surface area contributed by atoms with E-state index in [9.17, 15) is 9.59 Å². The molecule has 6 rings (SSSR count). The summed E-state index contributed by atoms with van der Waals surface area (Å²) in [4.78, 5) is 38.7. The largest absolute Gasteiger partial charge is 0.341 e. The average Bonchev–Trinajstić information content (AvgIpc) is 3.02. The number of nitrogens with one attached hydrogen (secondary N) is 1. The fraction of sp³-hybridized carbons (Fsp3) is 0.200. The summed E-state index contributed by atoms with van der Waals surface area (Å²) in [5.41, 5.74) is 6.68. The summed E-state index contributed by atoms with van der Waals surface area (Å²) in [6.45, 7) is 5.37. The first-order chi connectivity index (χ1) is 20.0. The second-order valence-corrected chi connectivity index (χ2v) is 10.8. The number of hydrogen-bond donors (Lipinski definition) is 1. The number of rotatable bonds is 6. The van der Waals surface area contributed by atoms with Crippen molar-refractivity contribution in [3.05, 3.63) is 119 Å². The fourth-order valence-corrected chi connectivity index (χ4v) is 5.46. The zero-order chi connectivity index (χ0) is 28.3. The summed E-state index contributed by atoms with van der Waals surface area (Å²) in [6.07, 6.45) is 1.35. The molecule has 6 heteroatoms. The Morgan fingerprint density at radius 1 is 0.780 bits per heavy atom. The Kier molecular flexibility index (Phi) is 7.30. The van der Waals surface area contributed by atoms with Crippen molar-refractivity contribution in [3.8, 4) is 11.3 Å². The molecule has 0 bridgehead atoms. The number of hydrogen-bond acceptors (Lipinski definition) is 5. The molecule has 0 atom stereocenters. The Balaban J connectivity index is 1.19. The summed E-state index contributed by atoms with van der Waals surface area (Å²) in [7, 11) is 0. The van der Waals surface area contributed by atoms with Gasteiger partial charge in [0.05, 0.1) is 16.9 Å². The van der Waals surface area contributed by atoms with Gasteiger partial charge in [0.15, 0.2) is 5.78 Å². The molecular formula is C35H32N4O2. The Bertz CT molecular complexity index is 1730. The van der Waals surface area contributed by atoms with E-state index in [-0.39, 0.29) is 17.6 Å². The van der Waals surface area contributed by atoms with Gasteiger partial charge in [0, 0.05) is 41.1 Å². The number of anilines is 2. The lowest BCUT2D eigenvalue weighted by molar-refractivity contribution is -0.120. The van der Waals surface area contributed by atoms with Crippen molar-refractivity contribution in [1.29, 1.82) is 0 Å². The summed E-state index contributed by atoms with van der Waals surface area (Å²) in [5, 5.41) is 4.10. The third-order valence-corrected chi connectivity index (χ3v) is 7.75. The summed E-state index contributed by atoms with van der Waals surface area (Å²) < 4.78 is 0. The smallest absolute Gasteiger partial charge is 0.227 e. The standard InChI is InChI=1S/C35H32N4O2/c1-23-13-15-30-28(21-23)32(25-9-5-3-6-10-25)38-35(37-30)39-19-17-27(18-20-39)34(41)36-31-16-14-24(2)22-29(31)33(40)26-11-7-4-8-12-26/h3-16,21-22,27H,17-20H2,1-2H3,(H,36,41). The van der Waals surface area contributed by atoms with Gasteiger partial charge in [0.1, 0.15) is 0 Å². The summed E-state index contributed by atoms with van der Waals surface area (Å²) in [6, 6.07) is 31.2. The van der Waals surface area contributed by atoms with Crippen molar-refractivity contribution in [2.75, 3.05) is 23.3 Å². The van der Waals surface area contributed by atoms with Crippen LogP contribution < -0.4 is 10.2 Å². The molecular weight excluding hydrogens is 508 g/mol. The van der Waals surface area contributed by atoms with Crippen LogP contribution in [0.2, 0.25) is 0 Å². The van der Waals surface area contributed by atoms with Crippen LogP contribution in [-0.2, 0) is 4.79 Å². The number of carbonyl (C=O) groups excluding carboxylic acids is 2. The van der Waals surface area contributed by atoms with Crippen LogP contribution in [0.4, 0.5) is 11.6 Å². The molecule has 1 saturated heterocycles. The van der Waals surface area contributed by atoms with Crippen LogP contribution >= 0.6 is 0 Å². The minimum Gasteiger partial charge on any atom is -0.341 e. The van der Waals surface area contributed by atoms with Crippen LogP contribution in [0.3, 0.4) is 0 Å². The average molecular weight is 541 g/mol. The van der Waals surface area contributed by atoms with Crippen molar-refractivity contribution in [2.24, 2.45) is 5.92 Å². The van der Waals surface area contributed by atoms with Gasteiger partial charge in [-0.3, -0.25) is 9.59 Å². The molecule has 1 aliphatic heterocycles. The first-order valence-electron chi connectivity index (χ1n) is 14.1. The predicted octanol–water partition coefficient (Wildman–Crippen LogP) is 7.00. The van der Waals surface area contributed by atoms with Crippen LogP contribution in [0.1, 0.15) is 39.9 Å². The van der Waals surface area contributed by atoms with E-state index in [1.54, 1.807) is 12.1 Å². The number of amides is 1. The molecule has 0 radical (unpaired) electrons. The molecule has 204 valence electrons. The third-order valence-electron chi connectivity index (χ3n) is 7.75. The van der Waals surface area contributed by atoms with Crippen molar-refractivity contribution in [1.82, 2.24) is 9.97 Å². The molecule has 1 amide bonds. The quantitative estimate of drug-likeness (QED) is 0.235. The zero-order valence-electron chi connectivity index (χ0n) is 23.3. The lowest BCUT2D eigenvalue weighted by atomic mass is 9.95. The zero-order valence-corrected chi connectivity index (χ0v) is 23.3. The molecule has 6 nitrogen and oxygen atoms in total. The van der Waals surface area contributed by atoms with E-state index in [2.05, 4.69) is 47.5 Å². The van der Waals surface area contributed by atoms with Gasteiger partial charge < -0.3 is 10.2 Å². The molecule has 2 heterocycles. The molecule has 1 aliphatic rings. The van der Waals surface area contributed by atoms with E-state index in [1.807, 2.05) is 61.5 Å². The highest BCUT2D eigenvalue weighted by Gasteiger charge is 2.28. The number of piperidine rings is 1. The van der Waals surface area contributed by atoms with Gasteiger partial charge in [-0.2, -0.15) is 0 Å². The number of nitrogens with zero attached hydrogens (tertiary/aromatic N) is 3. The van der Waals surface area contributed by atoms with Gasteiger partial charge >= 0.3 is 0 Å². The molecule has 1 fully saturated rings. The number of fused-ring (bicyclic) bond motifs is 1. The van der Waals surface area contributed by atoms with Crippen molar-refractivity contribution in [2.45, 2.75) is 26.7 Å². The SMILES string of the molecule is Cc1ccc(NC(=O)C2CCN(c3nc(-c4ccccc4)c4cc(C)ccc4n3)CC2)c(C(=O)c2ccccc2)c1. The maximum Gasteiger partial charge on any atom is 0.227 e. The van der Waals surface area contributed by atoms with Crippen molar-refractivity contribution < 1.29 is 9.59 Å². The van der Waals surface area contributed by atoms with Crippen LogP contribution in [0.5, 0.6) is 0 Å². The summed E-state index contributed by atoms with van der Waals surface area (Å²) >= 11 is 0. The number of aromatic nitrogens is 2. The molecule has 0 aliphatic carbocycles. The van der Waals surface area contributed by atoms with E-state index in [4.69, 9.17) is 9.97 Å². The van der Waals surface area contributed by atoms with E-state index < -0.39 is 0 Å². The van der Waals surface area contributed by atoms with Crippen LogP contribution in [0.25, 0.3) is 22.2 Å². The van der Waals surface area contributed by atoms with E-state index in [1.165, 1.54) is 5.56 Å². The topological polar surface area (TPSA) is 75.2 Å².